The first-order valence-corrected chi connectivity index (χ1v) is 6.97. The number of likely N-dealkylation sites (tertiary alicyclic amines) is 2. The largest absolute Gasteiger partial charge is 0.480 e. The highest BCUT2D eigenvalue weighted by molar-refractivity contribution is 5.83. The molecule has 6 nitrogen and oxygen atoms in total. The van der Waals surface area contributed by atoms with E-state index in [0.717, 1.165) is 19.3 Å². The Morgan fingerprint density at radius 2 is 1.79 bits per heavy atom. The van der Waals surface area contributed by atoms with Gasteiger partial charge in [-0.15, -0.1) is 0 Å². The van der Waals surface area contributed by atoms with Gasteiger partial charge in [-0.2, -0.15) is 0 Å². The highest BCUT2D eigenvalue weighted by atomic mass is 16.4. The molecule has 2 saturated heterocycles. The molecule has 0 radical (unpaired) electrons. The molecule has 0 aromatic heterocycles. The number of amides is 2. The van der Waals surface area contributed by atoms with Crippen LogP contribution < -0.4 is 0 Å². The molecule has 2 heterocycles. The van der Waals surface area contributed by atoms with Crippen LogP contribution in [0.2, 0.25) is 0 Å². The Morgan fingerprint density at radius 1 is 1.16 bits per heavy atom. The predicted octanol–water partition coefficient (Wildman–Crippen LogP) is 0.748. The van der Waals surface area contributed by atoms with Crippen molar-refractivity contribution in [3.63, 3.8) is 0 Å². The van der Waals surface area contributed by atoms with Gasteiger partial charge in [0.05, 0.1) is 6.10 Å². The van der Waals surface area contributed by atoms with Gasteiger partial charge in [-0.05, 0) is 38.5 Å². The molecule has 2 fully saturated rings. The molecule has 2 rings (SSSR count). The molecule has 0 spiro atoms. The summed E-state index contributed by atoms with van der Waals surface area (Å²) in [6.07, 6.45) is 2.54. The number of carboxylic acids is 1. The topological polar surface area (TPSA) is 81.1 Å². The monoisotopic (exact) mass is 270 g/mol. The molecule has 0 aliphatic carbocycles. The van der Waals surface area contributed by atoms with Gasteiger partial charge in [0.1, 0.15) is 6.04 Å². The van der Waals surface area contributed by atoms with Gasteiger partial charge in [0.2, 0.25) is 0 Å². The van der Waals surface area contributed by atoms with E-state index in [9.17, 15) is 14.7 Å². The van der Waals surface area contributed by atoms with Crippen LogP contribution in [0.5, 0.6) is 0 Å². The van der Waals surface area contributed by atoms with Crippen molar-refractivity contribution in [1.82, 2.24) is 9.80 Å². The summed E-state index contributed by atoms with van der Waals surface area (Å²) in [4.78, 5) is 26.6. The summed E-state index contributed by atoms with van der Waals surface area (Å²) >= 11 is 0. The summed E-state index contributed by atoms with van der Waals surface area (Å²) in [5, 5.41) is 18.6. The van der Waals surface area contributed by atoms with Crippen molar-refractivity contribution in [2.75, 3.05) is 19.6 Å². The standard InChI is InChI=1S/C13H22N2O4/c1-9(16)10-4-7-14(8-5-10)13(19)15-6-2-3-11(15)12(17)18/h9-11,16H,2-8H2,1H3,(H,17,18). The minimum absolute atomic E-state index is 0.158. The molecule has 0 bridgehead atoms. The molecule has 2 N–H and O–H groups in total. The van der Waals surface area contributed by atoms with Crippen LogP contribution in [0.25, 0.3) is 0 Å². The molecule has 2 aliphatic rings. The minimum atomic E-state index is -0.912. The summed E-state index contributed by atoms with van der Waals surface area (Å²) in [5.41, 5.74) is 0. The number of urea groups is 1. The Balaban J connectivity index is 1.92. The fourth-order valence-corrected chi connectivity index (χ4v) is 3.01. The number of aliphatic hydroxyl groups excluding tert-OH is 1. The van der Waals surface area contributed by atoms with Gasteiger partial charge in [0, 0.05) is 19.6 Å². The van der Waals surface area contributed by atoms with E-state index in [-0.39, 0.29) is 18.1 Å². The normalized spacial score (nSPS) is 26.5. The van der Waals surface area contributed by atoms with E-state index in [0.29, 0.717) is 26.1 Å². The maximum absolute atomic E-state index is 12.3. The molecule has 0 aromatic carbocycles. The highest BCUT2D eigenvalue weighted by Gasteiger charge is 2.37. The molecule has 2 unspecified atom stereocenters. The van der Waals surface area contributed by atoms with Gasteiger partial charge in [0.25, 0.3) is 0 Å². The van der Waals surface area contributed by atoms with Gasteiger partial charge < -0.3 is 20.0 Å². The highest BCUT2D eigenvalue weighted by Crippen LogP contribution is 2.24. The van der Waals surface area contributed by atoms with Gasteiger partial charge in [-0.3, -0.25) is 0 Å². The van der Waals surface area contributed by atoms with Crippen molar-refractivity contribution in [2.24, 2.45) is 5.92 Å². The SMILES string of the molecule is CC(O)C1CCN(C(=O)N2CCCC2C(=O)O)CC1. The van der Waals surface area contributed by atoms with E-state index in [4.69, 9.17) is 5.11 Å². The lowest BCUT2D eigenvalue weighted by Gasteiger charge is -2.36. The molecular weight excluding hydrogens is 248 g/mol. The van der Waals surface area contributed by atoms with Crippen LogP contribution in [-0.4, -0.2) is 63.8 Å². The molecule has 19 heavy (non-hydrogen) atoms. The van der Waals surface area contributed by atoms with E-state index >= 15 is 0 Å². The summed E-state index contributed by atoms with van der Waals surface area (Å²) < 4.78 is 0. The van der Waals surface area contributed by atoms with Crippen molar-refractivity contribution in [2.45, 2.75) is 44.8 Å². The van der Waals surface area contributed by atoms with Crippen molar-refractivity contribution >= 4 is 12.0 Å². The second kappa shape index (κ2) is 5.77. The van der Waals surface area contributed by atoms with E-state index in [2.05, 4.69) is 0 Å². The summed E-state index contributed by atoms with van der Waals surface area (Å²) in [6, 6.07) is -0.823. The number of rotatable bonds is 2. The van der Waals surface area contributed by atoms with Crippen molar-refractivity contribution in [3.05, 3.63) is 0 Å². The first-order chi connectivity index (χ1) is 9.00. The fourth-order valence-electron chi connectivity index (χ4n) is 3.01. The first kappa shape index (κ1) is 14.1. The van der Waals surface area contributed by atoms with Crippen LogP contribution in [0.4, 0.5) is 4.79 Å². The van der Waals surface area contributed by atoms with Gasteiger partial charge in [-0.1, -0.05) is 0 Å². The summed E-state index contributed by atoms with van der Waals surface area (Å²) in [7, 11) is 0. The summed E-state index contributed by atoms with van der Waals surface area (Å²) in [5.74, 6) is -0.664. The van der Waals surface area contributed by atoms with Crippen LogP contribution >= 0.6 is 0 Å². The van der Waals surface area contributed by atoms with Crippen molar-refractivity contribution in [1.29, 1.82) is 0 Å². The van der Waals surface area contributed by atoms with E-state index in [1.54, 1.807) is 11.8 Å². The van der Waals surface area contributed by atoms with Crippen LogP contribution in [0.1, 0.15) is 32.6 Å². The zero-order chi connectivity index (χ0) is 14.0. The van der Waals surface area contributed by atoms with Crippen molar-refractivity contribution in [3.8, 4) is 0 Å². The molecule has 2 atom stereocenters. The number of carbonyl (C=O) groups is 2. The number of hydrogen-bond donors (Lipinski definition) is 2. The van der Waals surface area contributed by atoms with Crippen LogP contribution in [0, 0.1) is 5.92 Å². The molecule has 2 amide bonds. The Bertz CT molecular complexity index is 351. The maximum Gasteiger partial charge on any atom is 0.326 e. The zero-order valence-electron chi connectivity index (χ0n) is 11.3. The third kappa shape index (κ3) is 3.00. The Labute approximate surface area is 113 Å². The van der Waals surface area contributed by atoms with Gasteiger partial charge >= 0.3 is 12.0 Å². The van der Waals surface area contributed by atoms with Gasteiger partial charge in [0.15, 0.2) is 0 Å². The van der Waals surface area contributed by atoms with E-state index in [1.165, 1.54) is 4.90 Å². The molecule has 0 saturated carbocycles. The quantitative estimate of drug-likeness (QED) is 0.776. The Kier molecular flexibility index (Phi) is 4.29. The smallest absolute Gasteiger partial charge is 0.326 e. The lowest BCUT2D eigenvalue weighted by Crippen LogP contribution is -2.50. The first-order valence-electron chi connectivity index (χ1n) is 6.97. The van der Waals surface area contributed by atoms with Crippen LogP contribution in [0.15, 0.2) is 0 Å². The average Bonchev–Trinajstić information content (AvgIpc) is 2.87. The fraction of sp³-hybridized carbons (Fsp3) is 0.846. The lowest BCUT2D eigenvalue weighted by atomic mass is 9.92. The average molecular weight is 270 g/mol. The van der Waals surface area contributed by atoms with E-state index in [1.807, 2.05) is 0 Å². The minimum Gasteiger partial charge on any atom is -0.480 e. The number of aliphatic hydroxyl groups is 1. The van der Waals surface area contributed by atoms with Crippen LogP contribution in [0.3, 0.4) is 0 Å². The number of piperidine rings is 1. The van der Waals surface area contributed by atoms with Gasteiger partial charge in [-0.25, -0.2) is 9.59 Å². The molecule has 0 aromatic rings. The molecular formula is C13H22N2O4. The summed E-state index contributed by atoms with van der Waals surface area (Å²) in [6.45, 7) is 3.53. The molecule has 6 heteroatoms. The number of nitrogens with zero attached hydrogens (tertiary/aromatic N) is 2. The predicted molar refractivity (Wildman–Crippen MR) is 68.7 cm³/mol. The second-order valence-electron chi connectivity index (χ2n) is 5.54. The number of carbonyl (C=O) groups excluding carboxylic acids is 1. The Hall–Kier alpha value is -1.30. The third-order valence-electron chi connectivity index (χ3n) is 4.28. The van der Waals surface area contributed by atoms with Crippen molar-refractivity contribution < 1.29 is 19.8 Å². The number of carboxylic acid groups (broad SMARTS) is 1. The van der Waals surface area contributed by atoms with Crippen LogP contribution in [-0.2, 0) is 4.79 Å². The van der Waals surface area contributed by atoms with E-state index < -0.39 is 12.0 Å². The third-order valence-corrected chi connectivity index (χ3v) is 4.28. The molecule has 2 aliphatic heterocycles. The number of hydrogen-bond acceptors (Lipinski definition) is 3. The second-order valence-corrected chi connectivity index (χ2v) is 5.54. The zero-order valence-corrected chi connectivity index (χ0v) is 11.3. The number of aliphatic carboxylic acids is 1. The lowest BCUT2D eigenvalue weighted by molar-refractivity contribution is -0.141. The maximum atomic E-state index is 12.3. The molecule has 108 valence electrons. The Morgan fingerprint density at radius 3 is 2.32 bits per heavy atom.